The number of hydrogen-bond acceptors (Lipinski definition) is 2. The Morgan fingerprint density at radius 2 is 1.83 bits per heavy atom. The van der Waals surface area contributed by atoms with Crippen LogP contribution >= 0.6 is 16.9 Å². The molecule has 1 rings (SSSR count). The zero-order valence-corrected chi connectivity index (χ0v) is 9.04. The highest BCUT2D eigenvalue weighted by atomic mass is 32.9. The SMILES string of the molecule is NP(N)(=S)SCc1ccccc1. The van der Waals surface area contributed by atoms with Crippen LogP contribution in [-0.4, -0.2) is 0 Å². The molecule has 0 unspecified atom stereocenters. The molecule has 2 nitrogen and oxygen atoms in total. The number of hydrogen-bond donors (Lipinski definition) is 2. The fourth-order valence-electron chi connectivity index (χ4n) is 0.750. The summed E-state index contributed by atoms with van der Waals surface area (Å²) in [5.41, 5.74) is 10.2. The smallest absolute Gasteiger partial charge is 0.122 e. The standard InChI is InChI=1S/C7H11N2PS2/c8-10(9,11)12-6-7-4-2-1-3-5-7/h1-5H,6H2,(H4,8,9,11). The summed E-state index contributed by atoms with van der Waals surface area (Å²) in [7, 11) is 0. The van der Waals surface area contributed by atoms with Crippen LogP contribution in [0.4, 0.5) is 0 Å². The molecule has 1 aromatic rings. The Morgan fingerprint density at radius 3 is 2.33 bits per heavy atom. The van der Waals surface area contributed by atoms with Gasteiger partial charge < -0.3 is 0 Å². The summed E-state index contributed by atoms with van der Waals surface area (Å²) in [6, 6.07) is 10.0. The van der Waals surface area contributed by atoms with Gasteiger partial charge in [-0.25, -0.2) is 0 Å². The Labute approximate surface area is 81.6 Å². The van der Waals surface area contributed by atoms with Crippen LogP contribution in [-0.2, 0) is 17.6 Å². The predicted molar refractivity (Wildman–Crippen MR) is 60.4 cm³/mol. The minimum absolute atomic E-state index is 0.811. The van der Waals surface area contributed by atoms with Gasteiger partial charge >= 0.3 is 0 Å². The van der Waals surface area contributed by atoms with Gasteiger partial charge in [-0.05, 0) is 5.56 Å². The molecule has 0 fully saturated rings. The lowest BCUT2D eigenvalue weighted by Gasteiger charge is -2.08. The maximum Gasteiger partial charge on any atom is 0.122 e. The number of nitrogens with two attached hydrogens (primary N) is 2. The van der Waals surface area contributed by atoms with E-state index in [9.17, 15) is 0 Å². The van der Waals surface area contributed by atoms with Crippen LogP contribution in [0.5, 0.6) is 0 Å². The van der Waals surface area contributed by atoms with Crippen molar-refractivity contribution in [1.82, 2.24) is 0 Å². The van der Waals surface area contributed by atoms with Gasteiger partial charge in [0.05, 0.1) is 0 Å². The van der Waals surface area contributed by atoms with E-state index < -0.39 is 5.54 Å². The van der Waals surface area contributed by atoms with Crippen molar-refractivity contribution >= 4 is 28.7 Å². The van der Waals surface area contributed by atoms with E-state index in [4.69, 9.17) is 22.8 Å². The first-order valence-corrected chi connectivity index (χ1v) is 7.97. The Hall–Kier alpha value is 0.140. The molecular weight excluding hydrogens is 207 g/mol. The van der Waals surface area contributed by atoms with Gasteiger partial charge in [-0.1, -0.05) is 53.5 Å². The first-order chi connectivity index (χ1) is 5.58. The van der Waals surface area contributed by atoms with Gasteiger partial charge in [-0.3, -0.25) is 11.0 Å². The lowest BCUT2D eigenvalue weighted by Crippen LogP contribution is -1.99. The van der Waals surface area contributed by atoms with Crippen molar-refractivity contribution in [2.24, 2.45) is 11.0 Å². The molecular formula is C7H11N2PS2. The Kier molecular flexibility index (Phi) is 3.75. The molecule has 0 aliphatic rings. The summed E-state index contributed by atoms with van der Waals surface area (Å²) >= 11 is 6.38. The molecule has 0 saturated heterocycles. The number of rotatable bonds is 3. The van der Waals surface area contributed by atoms with Gasteiger partial charge in [-0.2, -0.15) is 0 Å². The summed E-state index contributed by atoms with van der Waals surface area (Å²) < 4.78 is 0. The molecule has 0 atom stereocenters. The maximum atomic E-state index is 5.55. The van der Waals surface area contributed by atoms with E-state index >= 15 is 0 Å². The van der Waals surface area contributed by atoms with Gasteiger partial charge in [0, 0.05) is 5.75 Å². The molecule has 0 amide bonds. The Balaban J connectivity index is 2.50. The van der Waals surface area contributed by atoms with Crippen LogP contribution in [0.3, 0.4) is 0 Å². The molecule has 5 heteroatoms. The summed E-state index contributed by atoms with van der Waals surface area (Å²) in [4.78, 5) is 0. The zero-order valence-electron chi connectivity index (χ0n) is 6.51. The maximum absolute atomic E-state index is 5.55. The molecule has 0 saturated carbocycles. The van der Waals surface area contributed by atoms with Crippen LogP contribution in [0, 0.1) is 0 Å². The molecule has 12 heavy (non-hydrogen) atoms. The van der Waals surface area contributed by atoms with Crippen molar-refractivity contribution in [3.8, 4) is 0 Å². The number of benzene rings is 1. The molecule has 0 heterocycles. The average molecular weight is 218 g/mol. The quantitative estimate of drug-likeness (QED) is 0.762. The largest absolute Gasteiger partial charge is 0.283 e. The predicted octanol–water partition coefficient (Wildman–Crippen LogP) is 2.06. The van der Waals surface area contributed by atoms with E-state index in [1.165, 1.54) is 16.9 Å². The highest BCUT2D eigenvalue weighted by Crippen LogP contribution is 2.44. The molecule has 4 N–H and O–H groups in total. The van der Waals surface area contributed by atoms with Gasteiger partial charge in [0.2, 0.25) is 0 Å². The van der Waals surface area contributed by atoms with Crippen molar-refractivity contribution in [3.05, 3.63) is 35.9 Å². The van der Waals surface area contributed by atoms with E-state index in [0.717, 1.165) is 5.75 Å². The van der Waals surface area contributed by atoms with Crippen molar-refractivity contribution in [2.45, 2.75) is 5.75 Å². The van der Waals surface area contributed by atoms with Crippen molar-refractivity contribution in [2.75, 3.05) is 0 Å². The second kappa shape index (κ2) is 4.40. The Bertz CT molecular complexity index is 283. The lowest BCUT2D eigenvalue weighted by atomic mass is 10.2. The van der Waals surface area contributed by atoms with E-state index in [0.29, 0.717) is 0 Å². The third kappa shape index (κ3) is 4.24. The van der Waals surface area contributed by atoms with Crippen LogP contribution in [0.15, 0.2) is 30.3 Å². The van der Waals surface area contributed by atoms with E-state index in [1.54, 1.807) is 0 Å². The van der Waals surface area contributed by atoms with Crippen LogP contribution in [0.25, 0.3) is 0 Å². The van der Waals surface area contributed by atoms with Gasteiger partial charge in [0.1, 0.15) is 5.54 Å². The lowest BCUT2D eigenvalue weighted by molar-refractivity contribution is 1.43. The van der Waals surface area contributed by atoms with Crippen LogP contribution in [0.1, 0.15) is 5.56 Å². The molecule has 0 aliphatic carbocycles. The molecule has 0 bridgehead atoms. The minimum Gasteiger partial charge on any atom is -0.283 e. The van der Waals surface area contributed by atoms with Crippen molar-refractivity contribution < 1.29 is 0 Å². The first-order valence-electron chi connectivity index (χ1n) is 3.43. The molecule has 66 valence electrons. The van der Waals surface area contributed by atoms with E-state index in [1.807, 2.05) is 30.3 Å². The second-order valence-electron chi connectivity index (χ2n) is 2.40. The third-order valence-corrected chi connectivity index (χ3v) is 4.69. The van der Waals surface area contributed by atoms with Crippen LogP contribution in [0.2, 0.25) is 0 Å². The van der Waals surface area contributed by atoms with E-state index in [2.05, 4.69) is 0 Å². The monoisotopic (exact) mass is 218 g/mol. The normalized spacial score (nSPS) is 11.5. The summed E-state index contributed by atoms with van der Waals surface area (Å²) in [5.74, 6) is 0.811. The molecule has 1 aromatic carbocycles. The summed E-state index contributed by atoms with van der Waals surface area (Å²) in [6.07, 6.45) is 0. The summed E-state index contributed by atoms with van der Waals surface area (Å²) in [5, 5.41) is 0. The fourth-order valence-corrected chi connectivity index (χ4v) is 2.82. The molecule has 0 aliphatic heterocycles. The van der Waals surface area contributed by atoms with Gasteiger partial charge in [-0.15, -0.1) is 0 Å². The fraction of sp³-hybridized carbons (Fsp3) is 0.143. The first kappa shape index (κ1) is 10.2. The average Bonchev–Trinajstić information content (AvgIpc) is 2.02. The van der Waals surface area contributed by atoms with Gasteiger partial charge in [0.15, 0.2) is 0 Å². The topological polar surface area (TPSA) is 52.0 Å². The highest BCUT2D eigenvalue weighted by Gasteiger charge is 2.03. The molecule has 0 spiro atoms. The van der Waals surface area contributed by atoms with Gasteiger partial charge in [0.25, 0.3) is 0 Å². The van der Waals surface area contributed by atoms with E-state index in [-0.39, 0.29) is 0 Å². The van der Waals surface area contributed by atoms with Crippen molar-refractivity contribution in [1.29, 1.82) is 0 Å². The molecule has 0 radical (unpaired) electrons. The zero-order chi connectivity index (χ0) is 9.03. The highest BCUT2D eigenvalue weighted by molar-refractivity contribution is 8.69. The Morgan fingerprint density at radius 1 is 1.25 bits per heavy atom. The molecule has 0 aromatic heterocycles. The second-order valence-corrected chi connectivity index (χ2v) is 9.33. The van der Waals surface area contributed by atoms with Crippen LogP contribution < -0.4 is 11.0 Å². The summed E-state index contributed by atoms with van der Waals surface area (Å²) in [6.45, 7) is 0. The van der Waals surface area contributed by atoms with Crippen molar-refractivity contribution in [3.63, 3.8) is 0 Å². The third-order valence-electron chi connectivity index (χ3n) is 1.28. The minimum atomic E-state index is -2.08.